The van der Waals surface area contributed by atoms with E-state index in [1.165, 1.54) is 0 Å². The summed E-state index contributed by atoms with van der Waals surface area (Å²) in [5, 5.41) is 44.7. The third-order valence-corrected chi connectivity index (χ3v) is 11.3. The molecule has 2 unspecified atom stereocenters. The minimum Gasteiger partial charge on any atom is -0.393 e. The summed E-state index contributed by atoms with van der Waals surface area (Å²) in [6.07, 6.45) is 3.06. The molecule has 0 bridgehead atoms. The first-order valence-electron chi connectivity index (χ1n) is 13.2. The fourth-order valence-electron chi connectivity index (χ4n) is 10.4. The molecule has 13 atom stereocenters. The lowest BCUT2D eigenvalue weighted by atomic mass is 9.43. The fourth-order valence-corrected chi connectivity index (χ4v) is 10.4. The lowest BCUT2D eigenvalue weighted by Crippen LogP contribution is -2.65. The Balaban J connectivity index is 1.56. The molecule has 0 aromatic carbocycles. The number of aliphatic hydroxyl groups excluding tert-OH is 3. The van der Waals surface area contributed by atoms with Gasteiger partial charge >= 0.3 is 0 Å². The highest BCUT2D eigenvalue weighted by Gasteiger charge is 2.73. The van der Waals surface area contributed by atoms with Gasteiger partial charge in [0.1, 0.15) is 5.78 Å². The molecule has 5 aliphatic rings. The summed E-state index contributed by atoms with van der Waals surface area (Å²) in [6, 6.07) is 0. The topological polar surface area (TPSA) is 98.0 Å². The quantitative estimate of drug-likeness (QED) is 0.520. The zero-order chi connectivity index (χ0) is 23.4. The van der Waals surface area contributed by atoms with Crippen LogP contribution in [-0.2, 0) is 4.79 Å². The maximum Gasteiger partial charge on any atom is 0.143 e. The molecule has 0 amide bonds. The van der Waals surface area contributed by atoms with Gasteiger partial charge in [-0.1, -0.05) is 34.6 Å². The van der Waals surface area contributed by atoms with Gasteiger partial charge in [0.15, 0.2) is 0 Å². The summed E-state index contributed by atoms with van der Waals surface area (Å²) in [5.74, 6) is 0.0388. The maximum atomic E-state index is 14.2. The summed E-state index contributed by atoms with van der Waals surface area (Å²) in [6.45, 7) is 10.9. The number of rotatable bonds is 2. The van der Waals surface area contributed by atoms with Crippen molar-refractivity contribution in [2.75, 3.05) is 0 Å². The molecular formula is C27H44O5. The molecule has 5 fully saturated rings. The summed E-state index contributed by atoms with van der Waals surface area (Å²) in [4.78, 5) is 14.2. The van der Waals surface area contributed by atoms with Gasteiger partial charge in [-0.05, 0) is 85.4 Å². The molecule has 4 N–H and O–H groups in total. The Morgan fingerprint density at radius 3 is 2.28 bits per heavy atom. The van der Waals surface area contributed by atoms with Crippen molar-refractivity contribution in [3.63, 3.8) is 0 Å². The first-order chi connectivity index (χ1) is 14.8. The molecule has 0 aromatic heterocycles. The highest BCUT2D eigenvalue weighted by Crippen LogP contribution is 2.71. The van der Waals surface area contributed by atoms with Crippen LogP contribution in [0.2, 0.25) is 0 Å². The third-order valence-electron chi connectivity index (χ3n) is 11.3. The summed E-state index contributed by atoms with van der Waals surface area (Å²) in [5.41, 5.74) is -1.35. The Morgan fingerprint density at radius 1 is 0.969 bits per heavy atom. The van der Waals surface area contributed by atoms with Gasteiger partial charge in [-0.25, -0.2) is 0 Å². The molecule has 5 rings (SSSR count). The third kappa shape index (κ3) is 2.86. The Hall–Kier alpha value is -0.490. The second-order valence-electron chi connectivity index (χ2n) is 13.5. The van der Waals surface area contributed by atoms with Crippen molar-refractivity contribution in [3.8, 4) is 0 Å². The van der Waals surface area contributed by atoms with E-state index in [0.717, 1.165) is 25.7 Å². The smallest absolute Gasteiger partial charge is 0.143 e. The molecule has 182 valence electrons. The largest absolute Gasteiger partial charge is 0.393 e. The van der Waals surface area contributed by atoms with Crippen LogP contribution in [0, 0.1) is 58.2 Å². The molecule has 32 heavy (non-hydrogen) atoms. The second-order valence-corrected chi connectivity index (χ2v) is 13.5. The van der Waals surface area contributed by atoms with Crippen molar-refractivity contribution < 1.29 is 25.2 Å². The van der Waals surface area contributed by atoms with Crippen LogP contribution in [0.5, 0.6) is 0 Å². The van der Waals surface area contributed by atoms with Crippen LogP contribution in [-0.4, -0.2) is 50.1 Å². The number of fused-ring (bicyclic) bond motifs is 7. The van der Waals surface area contributed by atoms with E-state index >= 15 is 0 Å². The van der Waals surface area contributed by atoms with Gasteiger partial charge < -0.3 is 20.4 Å². The van der Waals surface area contributed by atoms with Crippen molar-refractivity contribution in [3.05, 3.63) is 0 Å². The molecule has 5 aliphatic carbocycles. The zero-order valence-corrected chi connectivity index (χ0v) is 20.5. The first kappa shape index (κ1) is 23.3. The van der Waals surface area contributed by atoms with Gasteiger partial charge in [0.25, 0.3) is 0 Å². The Labute approximate surface area is 193 Å². The van der Waals surface area contributed by atoms with Crippen LogP contribution in [0.1, 0.15) is 79.6 Å². The molecule has 0 radical (unpaired) electrons. The van der Waals surface area contributed by atoms with Crippen molar-refractivity contribution >= 4 is 5.78 Å². The van der Waals surface area contributed by atoms with Gasteiger partial charge in [0.05, 0.1) is 29.8 Å². The number of hydrogen-bond donors (Lipinski definition) is 4. The SMILES string of the molecule is CC(C)C[C@@]1(O)C[C@@H](C)[C@H]2[C@@H]1C(=O)[C@@H]1C3C(CC[C@]21C)[C@@]1(C)CC[C@@H](O)C[C@@H]1[C@@H](O)[C@@H]3O. The number of aliphatic hydroxyl groups is 4. The molecule has 5 heteroatoms. The lowest BCUT2D eigenvalue weighted by Gasteiger charge is -2.63. The minimum absolute atomic E-state index is 0.125. The average Bonchev–Trinajstić information content (AvgIpc) is 3.10. The first-order valence-corrected chi connectivity index (χ1v) is 13.2. The Kier molecular flexibility index (Phi) is 5.27. The van der Waals surface area contributed by atoms with E-state index in [9.17, 15) is 25.2 Å². The van der Waals surface area contributed by atoms with Crippen LogP contribution in [0.3, 0.4) is 0 Å². The van der Waals surface area contributed by atoms with E-state index in [2.05, 4.69) is 34.6 Å². The van der Waals surface area contributed by atoms with Crippen LogP contribution in [0.4, 0.5) is 0 Å². The van der Waals surface area contributed by atoms with Crippen LogP contribution in [0.25, 0.3) is 0 Å². The molecule has 5 saturated carbocycles. The van der Waals surface area contributed by atoms with Crippen molar-refractivity contribution in [2.45, 2.75) is 103 Å². The van der Waals surface area contributed by atoms with E-state index < -0.39 is 23.9 Å². The standard InChI is InChI=1S/C27H44O5/c1-13(2)11-27(32)12-14(3)19-21(27)24(31)20-18-16(7-9-26(19,20)5)25(4)8-6-15(28)10-17(25)22(29)23(18)30/h13-23,28-30,32H,6-12H2,1-5H3/t14-,15-,16?,17-,18?,19+,20+,21-,22-,23-,25-,26-,27-/m1/s1. The van der Waals surface area contributed by atoms with Gasteiger partial charge in [0.2, 0.25) is 0 Å². The van der Waals surface area contributed by atoms with E-state index in [-0.39, 0.29) is 58.0 Å². The molecule has 0 aliphatic heterocycles. The van der Waals surface area contributed by atoms with Crippen LogP contribution < -0.4 is 0 Å². The molecule has 0 spiro atoms. The highest BCUT2D eigenvalue weighted by atomic mass is 16.3. The lowest BCUT2D eigenvalue weighted by molar-refractivity contribution is -0.221. The van der Waals surface area contributed by atoms with Crippen molar-refractivity contribution in [2.24, 2.45) is 58.2 Å². The van der Waals surface area contributed by atoms with E-state index in [1.807, 2.05) is 0 Å². The summed E-state index contributed by atoms with van der Waals surface area (Å²) in [7, 11) is 0. The van der Waals surface area contributed by atoms with Gasteiger partial charge in [-0.15, -0.1) is 0 Å². The Morgan fingerprint density at radius 2 is 1.62 bits per heavy atom. The van der Waals surface area contributed by atoms with Crippen LogP contribution >= 0.6 is 0 Å². The molecule has 0 aromatic rings. The monoisotopic (exact) mass is 448 g/mol. The molecule has 0 heterocycles. The van der Waals surface area contributed by atoms with E-state index in [4.69, 9.17) is 0 Å². The van der Waals surface area contributed by atoms with E-state index in [0.29, 0.717) is 25.2 Å². The maximum absolute atomic E-state index is 14.2. The molecular weight excluding hydrogens is 404 g/mol. The van der Waals surface area contributed by atoms with Gasteiger partial charge in [-0.3, -0.25) is 4.79 Å². The predicted molar refractivity (Wildman–Crippen MR) is 121 cm³/mol. The van der Waals surface area contributed by atoms with Gasteiger partial charge in [0, 0.05) is 11.8 Å². The Bertz CT molecular complexity index is 782. The number of carbonyl (C=O) groups is 1. The predicted octanol–water partition coefficient (Wildman–Crippen LogP) is 3.17. The molecule has 5 nitrogen and oxygen atoms in total. The summed E-state index contributed by atoms with van der Waals surface area (Å²) >= 11 is 0. The number of carbonyl (C=O) groups excluding carboxylic acids is 1. The minimum atomic E-state index is -0.954. The van der Waals surface area contributed by atoms with E-state index in [1.54, 1.807) is 0 Å². The zero-order valence-electron chi connectivity index (χ0n) is 20.5. The van der Waals surface area contributed by atoms with Crippen LogP contribution in [0.15, 0.2) is 0 Å². The number of ketones is 1. The molecule has 0 saturated heterocycles. The number of hydrogen-bond acceptors (Lipinski definition) is 5. The number of Topliss-reactive ketones (excluding diaryl/α,β-unsaturated/α-hetero) is 1. The summed E-state index contributed by atoms with van der Waals surface area (Å²) < 4.78 is 0. The van der Waals surface area contributed by atoms with Crippen molar-refractivity contribution in [1.29, 1.82) is 0 Å². The fraction of sp³-hybridized carbons (Fsp3) is 0.963. The second kappa shape index (κ2) is 7.26. The van der Waals surface area contributed by atoms with Gasteiger partial charge in [-0.2, -0.15) is 0 Å². The van der Waals surface area contributed by atoms with Crippen molar-refractivity contribution in [1.82, 2.24) is 0 Å². The average molecular weight is 449 g/mol. The normalized spacial score (nSPS) is 59.5. The highest BCUT2D eigenvalue weighted by molar-refractivity contribution is 5.89.